The summed E-state index contributed by atoms with van der Waals surface area (Å²) in [6, 6.07) is 2.69. The number of carbonyl (C=O) groups is 1. The van der Waals surface area contributed by atoms with Crippen molar-refractivity contribution in [3.05, 3.63) is 38.9 Å². The number of aromatic nitrogens is 3. The highest BCUT2D eigenvalue weighted by Gasteiger charge is 2.33. The van der Waals surface area contributed by atoms with Gasteiger partial charge in [-0.05, 0) is 32.3 Å². The van der Waals surface area contributed by atoms with Gasteiger partial charge in [0.2, 0.25) is 5.91 Å². The van der Waals surface area contributed by atoms with Crippen LogP contribution in [0.2, 0.25) is 0 Å². The van der Waals surface area contributed by atoms with Gasteiger partial charge in [0.05, 0.1) is 11.3 Å². The zero-order valence-corrected chi connectivity index (χ0v) is 17.2. The van der Waals surface area contributed by atoms with E-state index >= 15 is 0 Å². The lowest BCUT2D eigenvalue weighted by atomic mass is 10.2. The lowest BCUT2D eigenvalue weighted by Gasteiger charge is -2.19. The maximum absolute atomic E-state index is 12.8. The Bertz CT molecular complexity index is 1060. The third-order valence-corrected chi connectivity index (χ3v) is 6.04. The number of halogens is 3. The van der Waals surface area contributed by atoms with Crippen LogP contribution < -0.4 is 10.9 Å². The molecule has 7 nitrogen and oxygen atoms in total. The molecule has 0 spiro atoms. The molecule has 1 aliphatic rings. The monoisotopic (exact) mass is 439 g/mol. The van der Waals surface area contributed by atoms with Crippen LogP contribution in [-0.2, 0) is 11.0 Å². The summed E-state index contributed by atoms with van der Waals surface area (Å²) < 4.78 is 40.4. The van der Waals surface area contributed by atoms with Gasteiger partial charge in [-0.1, -0.05) is 24.6 Å². The van der Waals surface area contributed by atoms with Crippen molar-refractivity contribution in [3.8, 4) is 6.07 Å². The molecule has 0 unspecified atom stereocenters. The molecule has 1 saturated carbocycles. The molecule has 2 aromatic rings. The van der Waals surface area contributed by atoms with Crippen LogP contribution in [0.1, 0.15) is 54.2 Å². The highest BCUT2D eigenvalue weighted by Crippen LogP contribution is 2.37. The lowest BCUT2D eigenvalue weighted by molar-refractivity contribution is -0.141. The van der Waals surface area contributed by atoms with Gasteiger partial charge in [0.25, 0.3) is 5.56 Å². The summed E-state index contributed by atoms with van der Waals surface area (Å²) in [5.74, 6) is -0.368. The normalized spacial score (nSPS) is 14.7. The summed E-state index contributed by atoms with van der Waals surface area (Å²) in [7, 11) is 0. The molecule has 1 aliphatic carbocycles. The molecular formula is C19H20F3N5O2S. The van der Waals surface area contributed by atoms with Gasteiger partial charge in [0.15, 0.2) is 10.9 Å². The molecule has 0 atom stereocenters. The van der Waals surface area contributed by atoms with Crippen LogP contribution >= 0.6 is 11.8 Å². The molecule has 160 valence electrons. The molecule has 0 saturated heterocycles. The smallest absolute Gasteiger partial charge is 0.327 e. The largest absolute Gasteiger partial charge is 0.433 e. The fraction of sp³-hybridized carbons (Fsp3) is 0.474. The Hall–Kier alpha value is -2.74. The van der Waals surface area contributed by atoms with Crippen molar-refractivity contribution in [1.82, 2.24) is 14.5 Å². The molecule has 0 bridgehead atoms. The third kappa shape index (κ3) is 4.53. The van der Waals surface area contributed by atoms with E-state index in [2.05, 4.69) is 21.4 Å². The van der Waals surface area contributed by atoms with Crippen molar-refractivity contribution in [3.63, 3.8) is 0 Å². The van der Waals surface area contributed by atoms with Crippen LogP contribution in [0.4, 0.5) is 19.0 Å². The Balaban J connectivity index is 1.79. The maximum Gasteiger partial charge on any atom is 0.433 e. The van der Waals surface area contributed by atoms with E-state index in [0.29, 0.717) is 29.2 Å². The number of carbonyl (C=O) groups excluding carboxylic acids is 1. The Morgan fingerprint density at radius 3 is 2.67 bits per heavy atom. The molecule has 3 rings (SSSR count). The zero-order valence-electron chi connectivity index (χ0n) is 16.4. The average Bonchev–Trinajstić information content (AvgIpc) is 3.26. The van der Waals surface area contributed by atoms with Crippen LogP contribution in [0, 0.1) is 25.2 Å². The van der Waals surface area contributed by atoms with Crippen LogP contribution in [0.3, 0.4) is 0 Å². The maximum atomic E-state index is 12.8. The van der Waals surface area contributed by atoms with Gasteiger partial charge in [0.1, 0.15) is 11.9 Å². The third-order valence-electron chi connectivity index (χ3n) is 5.17. The summed E-state index contributed by atoms with van der Waals surface area (Å²) in [6.07, 6.45) is -0.716. The molecule has 2 aromatic heterocycles. The van der Waals surface area contributed by atoms with Crippen LogP contribution in [0.5, 0.6) is 0 Å². The first kappa shape index (κ1) is 22.0. The minimum absolute atomic E-state index is 0.190. The number of thioether (sulfide) groups is 1. The van der Waals surface area contributed by atoms with E-state index in [1.54, 1.807) is 0 Å². The molecule has 11 heteroatoms. The van der Waals surface area contributed by atoms with E-state index in [1.165, 1.54) is 0 Å². The van der Waals surface area contributed by atoms with E-state index in [1.807, 2.05) is 18.4 Å². The first-order valence-electron chi connectivity index (χ1n) is 9.34. The van der Waals surface area contributed by atoms with Gasteiger partial charge in [-0.25, -0.2) is 4.98 Å². The summed E-state index contributed by atoms with van der Waals surface area (Å²) in [5.41, 5.74) is -0.194. The van der Waals surface area contributed by atoms with E-state index < -0.39 is 23.3 Å². The van der Waals surface area contributed by atoms with E-state index in [0.717, 1.165) is 36.9 Å². The summed E-state index contributed by atoms with van der Waals surface area (Å²) >= 11 is 0.684. The molecule has 30 heavy (non-hydrogen) atoms. The van der Waals surface area contributed by atoms with Gasteiger partial charge < -0.3 is 14.9 Å². The number of nitrogens with zero attached hydrogens (tertiary/aromatic N) is 3. The minimum Gasteiger partial charge on any atom is -0.327 e. The van der Waals surface area contributed by atoms with Crippen molar-refractivity contribution in [2.24, 2.45) is 0 Å². The number of nitriles is 1. The number of amides is 1. The molecule has 1 fully saturated rings. The standard InChI is InChI=1S/C19H20F3N5O2S/c1-10-11(2)27(12-5-3-4-6-12)17(13(10)8-23)25-16(29)9-30-18-24-14(19(20,21)22)7-15(28)26-18/h7,12H,3-6,9H2,1-2H3,(H,25,29)(H,24,26,28). The van der Waals surface area contributed by atoms with E-state index in [4.69, 9.17) is 0 Å². The molecule has 2 heterocycles. The second-order valence-corrected chi connectivity index (χ2v) is 8.09. The summed E-state index contributed by atoms with van der Waals surface area (Å²) in [5, 5.41) is 12.0. The second-order valence-electron chi connectivity index (χ2n) is 7.12. The van der Waals surface area contributed by atoms with Crippen molar-refractivity contribution in [2.75, 3.05) is 11.1 Å². The number of anilines is 1. The highest BCUT2D eigenvalue weighted by atomic mass is 32.2. The number of aromatic amines is 1. The van der Waals surface area contributed by atoms with Gasteiger partial charge in [-0.15, -0.1) is 0 Å². The highest BCUT2D eigenvalue weighted by molar-refractivity contribution is 7.99. The predicted molar refractivity (Wildman–Crippen MR) is 105 cm³/mol. The summed E-state index contributed by atoms with van der Waals surface area (Å²) in [4.78, 5) is 29.5. The number of alkyl halides is 3. The Labute approximate surface area is 174 Å². The zero-order chi connectivity index (χ0) is 22.1. The Kier molecular flexibility index (Phi) is 6.26. The predicted octanol–water partition coefficient (Wildman–Crippen LogP) is 3.92. The fourth-order valence-corrected chi connectivity index (χ4v) is 4.33. The van der Waals surface area contributed by atoms with Crippen molar-refractivity contribution < 1.29 is 18.0 Å². The quantitative estimate of drug-likeness (QED) is 0.543. The Morgan fingerprint density at radius 2 is 2.07 bits per heavy atom. The van der Waals surface area contributed by atoms with Crippen molar-refractivity contribution >= 4 is 23.5 Å². The summed E-state index contributed by atoms with van der Waals surface area (Å²) in [6.45, 7) is 3.72. The minimum atomic E-state index is -4.76. The van der Waals surface area contributed by atoms with Crippen molar-refractivity contribution in [1.29, 1.82) is 5.26 Å². The van der Waals surface area contributed by atoms with Crippen molar-refractivity contribution in [2.45, 2.75) is 56.9 Å². The number of hydrogen-bond donors (Lipinski definition) is 2. The molecular weight excluding hydrogens is 419 g/mol. The molecule has 2 N–H and O–H groups in total. The average molecular weight is 439 g/mol. The first-order chi connectivity index (χ1) is 14.1. The lowest BCUT2D eigenvalue weighted by Crippen LogP contribution is -2.21. The molecule has 0 radical (unpaired) electrons. The van der Waals surface area contributed by atoms with Crippen LogP contribution in [-0.4, -0.2) is 26.2 Å². The first-order valence-corrected chi connectivity index (χ1v) is 10.3. The number of hydrogen-bond acceptors (Lipinski definition) is 5. The SMILES string of the molecule is Cc1c(C#N)c(NC(=O)CSc2nc(C(F)(F)F)cc(=O)[nH]2)n(C2CCCC2)c1C. The molecule has 1 amide bonds. The van der Waals surface area contributed by atoms with Crippen LogP contribution in [0.15, 0.2) is 16.0 Å². The van der Waals surface area contributed by atoms with E-state index in [-0.39, 0.29) is 17.0 Å². The second kappa shape index (κ2) is 8.55. The number of H-pyrrole nitrogens is 1. The molecule has 0 aliphatic heterocycles. The van der Waals surface area contributed by atoms with Gasteiger partial charge in [-0.2, -0.15) is 18.4 Å². The van der Waals surface area contributed by atoms with Gasteiger partial charge in [0, 0.05) is 17.8 Å². The Morgan fingerprint density at radius 1 is 1.40 bits per heavy atom. The number of rotatable bonds is 5. The van der Waals surface area contributed by atoms with Gasteiger partial charge >= 0.3 is 6.18 Å². The van der Waals surface area contributed by atoms with Crippen LogP contribution in [0.25, 0.3) is 0 Å². The topological polar surface area (TPSA) is 104 Å². The fourth-order valence-electron chi connectivity index (χ4n) is 3.66. The molecule has 0 aromatic carbocycles. The number of nitrogens with one attached hydrogen (secondary N) is 2. The van der Waals surface area contributed by atoms with Gasteiger partial charge in [-0.3, -0.25) is 9.59 Å². The van der Waals surface area contributed by atoms with E-state index in [9.17, 15) is 28.0 Å².